The fourth-order valence-electron chi connectivity index (χ4n) is 1.50. The van der Waals surface area contributed by atoms with Crippen LogP contribution < -0.4 is 0 Å². The Hall–Kier alpha value is -1.11. The Balaban J connectivity index is 2.55. The predicted molar refractivity (Wildman–Crippen MR) is 44.1 cm³/mol. The van der Waals surface area contributed by atoms with Crippen molar-refractivity contribution in [1.29, 1.82) is 0 Å². The van der Waals surface area contributed by atoms with Gasteiger partial charge in [-0.15, -0.1) is 0 Å². The highest BCUT2D eigenvalue weighted by Crippen LogP contribution is 2.32. The van der Waals surface area contributed by atoms with Crippen LogP contribution in [-0.2, 0) is 6.42 Å². The summed E-state index contributed by atoms with van der Waals surface area (Å²) >= 11 is 0. The number of hydrogen-bond donors (Lipinski definition) is 0. The van der Waals surface area contributed by atoms with Crippen molar-refractivity contribution < 1.29 is 4.39 Å². The first-order chi connectivity index (χ1) is 5.29. The summed E-state index contributed by atoms with van der Waals surface area (Å²) in [6, 6.07) is 7.74. The van der Waals surface area contributed by atoms with E-state index in [0.717, 1.165) is 11.1 Å². The Morgan fingerprint density at radius 3 is 2.82 bits per heavy atom. The first-order valence-electron chi connectivity index (χ1n) is 3.70. The van der Waals surface area contributed by atoms with Gasteiger partial charge in [0.05, 0.1) is 0 Å². The number of halogens is 1. The molecule has 0 amide bonds. The van der Waals surface area contributed by atoms with Gasteiger partial charge in [-0.05, 0) is 16.7 Å². The van der Waals surface area contributed by atoms with Gasteiger partial charge >= 0.3 is 0 Å². The van der Waals surface area contributed by atoms with Gasteiger partial charge in [-0.3, -0.25) is 0 Å². The van der Waals surface area contributed by atoms with Crippen LogP contribution in [0.2, 0.25) is 0 Å². The van der Waals surface area contributed by atoms with E-state index >= 15 is 0 Å². The van der Waals surface area contributed by atoms with Crippen molar-refractivity contribution in [3.8, 4) is 0 Å². The van der Waals surface area contributed by atoms with Crippen molar-refractivity contribution in [1.82, 2.24) is 0 Å². The minimum Gasteiger partial charge on any atom is -0.242 e. The molecule has 0 saturated heterocycles. The third kappa shape index (κ3) is 0.881. The summed E-state index contributed by atoms with van der Waals surface area (Å²) in [7, 11) is 0. The first kappa shape index (κ1) is 6.59. The standard InChI is InChI=1S/C10H9F/c1-7-9-5-3-2-4-8(9)6-10(7)11/h2-5,10H,1,6H2/t10-/m1/s1. The highest BCUT2D eigenvalue weighted by molar-refractivity contribution is 5.73. The minimum absolute atomic E-state index is 0.509. The number of rotatable bonds is 0. The molecule has 2 rings (SSSR count). The van der Waals surface area contributed by atoms with E-state index in [9.17, 15) is 4.39 Å². The number of allylic oxidation sites excluding steroid dienone is 1. The summed E-state index contributed by atoms with van der Waals surface area (Å²) in [6.07, 6.45) is -0.345. The molecule has 0 radical (unpaired) electrons. The molecular weight excluding hydrogens is 139 g/mol. The maximum Gasteiger partial charge on any atom is 0.129 e. The largest absolute Gasteiger partial charge is 0.242 e. The molecule has 0 spiro atoms. The van der Waals surface area contributed by atoms with E-state index in [4.69, 9.17) is 0 Å². The number of hydrogen-bond acceptors (Lipinski definition) is 0. The van der Waals surface area contributed by atoms with E-state index in [-0.39, 0.29) is 0 Å². The molecule has 0 nitrogen and oxygen atoms in total. The second-order valence-corrected chi connectivity index (χ2v) is 2.85. The Bertz CT molecular complexity index is 301. The molecule has 1 aliphatic carbocycles. The maximum atomic E-state index is 13.0. The lowest BCUT2D eigenvalue weighted by Crippen LogP contribution is -1.94. The van der Waals surface area contributed by atoms with E-state index in [1.165, 1.54) is 0 Å². The fourth-order valence-corrected chi connectivity index (χ4v) is 1.50. The zero-order chi connectivity index (χ0) is 7.84. The van der Waals surface area contributed by atoms with Crippen LogP contribution in [0.15, 0.2) is 30.8 Å². The van der Waals surface area contributed by atoms with Crippen LogP contribution in [0.4, 0.5) is 4.39 Å². The lowest BCUT2D eigenvalue weighted by molar-refractivity contribution is 0.421. The van der Waals surface area contributed by atoms with E-state index in [2.05, 4.69) is 6.58 Å². The maximum absolute atomic E-state index is 13.0. The van der Waals surface area contributed by atoms with E-state index < -0.39 is 6.17 Å². The summed E-state index contributed by atoms with van der Waals surface area (Å²) in [5.41, 5.74) is 2.73. The zero-order valence-electron chi connectivity index (χ0n) is 6.18. The molecule has 1 aromatic carbocycles. The van der Waals surface area contributed by atoms with Gasteiger partial charge < -0.3 is 0 Å². The molecule has 1 heteroatoms. The predicted octanol–water partition coefficient (Wildman–Crippen LogP) is 2.59. The fraction of sp³-hybridized carbons (Fsp3) is 0.200. The Morgan fingerprint density at radius 1 is 1.36 bits per heavy atom. The molecule has 11 heavy (non-hydrogen) atoms. The lowest BCUT2D eigenvalue weighted by atomic mass is 10.1. The van der Waals surface area contributed by atoms with Crippen LogP contribution in [0.1, 0.15) is 11.1 Å². The Labute approximate surface area is 65.4 Å². The van der Waals surface area contributed by atoms with Crippen molar-refractivity contribution in [2.24, 2.45) is 0 Å². The lowest BCUT2D eigenvalue weighted by Gasteiger charge is -1.97. The van der Waals surface area contributed by atoms with Crippen molar-refractivity contribution in [3.63, 3.8) is 0 Å². The molecule has 0 aromatic heterocycles. The first-order valence-corrected chi connectivity index (χ1v) is 3.70. The summed E-state index contributed by atoms with van der Waals surface area (Å²) in [5, 5.41) is 0. The van der Waals surface area contributed by atoms with Gasteiger partial charge in [0, 0.05) is 6.42 Å². The van der Waals surface area contributed by atoms with Gasteiger partial charge in [0.1, 0.15) is 6.17 Å². The monoisotopic (exact) mass is 148 g/mol. The third-order valence-corrected chi connectivity index (χ3v) is 2.14. The normalized spacial score (nSPS) is 21.9. The minimum atomic E-state index is -0.854. The molecular formula is C10H9F. The van der Waals surface area contributed by atoms with Crippen molar-refractivity contribution in [2.75, 3.05) is 0 Å². The van der Waals surface area contributed by atoms with Gasteiger partial charge in [-0.25, -0.2) is 4.39 Å². The molecule has 0 saturated carbocycles. The van der Waals surface area contributed by atoms with E-state index in [1.54, 1.807) is 0 Å². The summed E-state index contributed by atoms with van der Waals surface area (Å²) in [5.74, 6) is 0. The molecule has 0 unspecified atom stereocenters. The van der Waals surface area contributed by atoms with Crippen LogP contribution in [0.3, 0.4) is 0 Å². The van der Waals surface area contributed by atoms with Crippen LogP contribution in [0.25, 0.3) is 5.57 Å². The molecule has 56 valence electrons. The topological polar surface area (TPSA) is 0 Å². The average Bonchev–Trinajstić information content (AvgIpc) is 2.30. The summed E-state index contributed by atoms with van der Waals surface area (Å²) in [4.78, 5) is 0. The van der Waals surface area contributed by atoms with Gasteiger partial charge in [-0.1, -0.05) is 30.8 Å². The smallest absolute Gasteiger partial charge is 0.129 e. The van der Waals surface area contributed by atoms with Crippen LogP contribution in [0.5, 0.6) is 0 Å². The molecule has 0 bridgehead atoms. The summed E-state index contributed by atoms with van der Waals surface area (Å²) < 4.78 is 13.0. The number of benzene rings is 1. The Morgan fingerprint density at radius 2 is 2.09 bits per heavy atom. The average molecular weight is 148 g/mol. The van der Waals surface area contributed by atoms with Crippen molar-refractivity contribution in [3.05, 3.63) is 42.0 Å². The van der Waals surface area contributed by atoms with Crippen molar-refractivity contribution >= 4 is 5.57 Å². The van der Waals surface area contributed by atoms with Crippen molar-refractivity contribution in [2.45, 2.75) is 12.6 Å². The van der Waals surface area contributed by atoms with Gasteiger partial charge in [0.15, 0.2) is 0 Å². The molecule has 1 aliphatic rings. The highest BCUT2D eigenvalue weighted by atomic mass is 19.1. The van der Waals surface area contributed by atoms with E-state index in [1.807, 2.05) is 24.3 Å². The molecule has 0 aliphatic heterocycles. The summed E-state index contributed by atoms with van der Waals surface area (Å²) in [6.45, 7) is 3.70. The molecule has 0 fully saturated rings. The third-order valence-electron chi connectivity index (χ3n) is 2.14. The Kier molecular flexibility index (Phi) is 1.31. The number of fused-ring (bicyclic) bond motifs is 1. The van der Waals surface area contributed by atoms with E-state index in [0.29, 0.717) is 12.0 Å². The molecule has 1 atom stereocenters. The second-order valence-electron chi connectivity index (χ2n) is 2.85. The van der Waals surface area contributed by atoms with Crippen LogP contribution in [-0.4, -0.2) is 6.17 Å². The second kappa shape index (κ2) is 2.19. The molecule has 1 aromatic rings. The van der Waals surface area contributed by atoms with Gasteiger partial charge in [0.2, 0.25) is 0 Å². The molecule has 0 N–H and O–H groups in total. The number of alkyl halides is 1. The highest BCUT2D eigenvalue weighted by Gasteiger charge is 2.23. The van der Waals surface area contributed by atoms with Gasteiger partial charge in [0.25, 0.3) is 0 Å². The van der Waals surface area contributed by atoms with Crippen LogP contribution >= 0.6 is 0 Å². The zero-order valence-corrected chi connectivity index (χ0v) is 6.18. The quantitative estimate of drug-likeness (QED) is 0.530. The van der Waals surface area contributed by atoms with Gasteiger partial charge in [-0.2, -0.15) is 0 Å². The SMILES string of the molecule is C=C1c2ccccc2C[C@H]1F. The van der Waals surface area contributed by atoms with Crippen LogP contribution in [0, 0.1) is 0 Å². The molecule has 0 heterocycles.